The number of carbonyl (C=O) groups excluding carboxylic acids is 3. The van der Waals surface area contributed by atoms with Crippen LogP contribution in [0.4, 0.5) is 4.79 Å². The summed E-state index contributed by atoms with van der Waals surface area (Å²) in [6.45, 7) is 5.47. The molecule has 2 aliphatic rings. The van der Waals surface area contributed by atoms with E-state index in [0.29, 0.717) is 0 Å². The minimum absolute atomic E-state index is 0.212. The molecule has 0 bridgehead atoms. The number of ether oxygens (including phenoxy) is 2. The third-order valence-corrected chi connectivity index (χ3v) is 7.45. The van der Waals surface area contributed by atoms with Crippen molar-refractivity contribution in [3.63, 3.8) is 0 Å². The van der Waals surface area contributed by atoms with Gasteiger partial charge in [0.1, 0.15) is 54.4 Å². The van der Waals surface area contributed by atoms with Gasteiger partial charge in [-0.15, -0.1) is 0 Å². The molecule has 2 fully saturated rings. The van der Waals surface area contributed by atoms with Gasteiger partial charge in [0.15, 0.2) is 5.12 Å². The van der Waals surface area contributed by atoms with Gasteiger partial charge >= 0.3 is 6.09 Å². The summed E-state index contributed by atoms with van der Waals surface area (Å²) < 4.78 is 10.9. The number of aliphatic hydroxyl groups is 8. The highest BCUT2D eigenvalue weighted by Gasteiger charge is 2.52. The van der Waals surface area contributed by atoms with Crippen LogP contribution >= 0.6 is 11.8 Å². The number of nitrogens with one attached hydrogen (secondary N) is 2. The topological polar surface area (TPSA) is 256 Å². The summed E-state index contributed by atoms with van der Waals surface area (Å²) >= 11 is 0.734. The maximum atomic E-state index is 13.2. The number of thioether (sulfide) groups is 1. The highest BCUT2D eigenvalue weighted by molar-refractivity contribution is 8.13. The van der Waals surface area contributed by atoms with E-state index in [1.54, 1.807) is 20.8 Å². The van der Waals surface area contributed by atoms with Gasteiger partial charge in [0.25, 0.3) is 0 Å². The summed E-state index contributed by atoms with van der Waals surface area (Å²) in [4.78, 5) is 37.1. The Morgan fingerprint density at radius 2 is 1.44 bits per heavy atom. The third-order valence-electron chi connectivity index (χ3n) is 6.55. The third kappa shape index (κ3) is 8.69. The van der Waals surface area contributed by atoms with Crippen molar-refractivity contribution >= 4 is 28.9 Å². The molecule has 226 valence electrons. The van der Waals surface area contributed by atoms with Crippen LogP contribution in [0.3, 0.4) is 0 Å². The van der Waals surface area contributed by atoms with E-state index in [1.165, 1.54) is 6.92 Å². The van der Waals surface area contributed by atoms with Gasteiger partial charge in [-0.05, 0) is 27.2 Å². The maximum absolute atomic E-state index is 13.2. The SMILES string of the molecule is CC(=O)SC[C@H](NC(=O)OC(C)(C)C)C(=O)NC1C(O)[C@H](O)C(CO)C[C@@H]1OC1C(O)C(O)C(O)C(O)C1O. The molecule has 7 unspecified atom stereocenters. The molecule has 2 amide bonds. The van der Waals surface area contributed by atoms with Crippen LogP contribution in [0.1, 0.15) is 34.1 Å². The average molecular weight is 585 g/mol. The summed E-state index contributed by atoms with van der Waals surface area (Å²) in [6, 6.07) is -2.79. The number of aliphatic hydroxyl groups excluding tert-OH is 8. The zero-order valence-corrected chi connectivity index (χ0v) is 22.9. The van der Waals surface area contributed by atoms with Crippen LogP contribution in [0.25, 0.3) is 0 Å². The van der Waals surface area contributed by atoms with E-state index in [0.717, 1.165) is 11.8 Å². The van der Waals surface area contributed by atoms with Crippen molar-refractivity contribution in [2.45, 2.75) is 107 Å². The first-order valence-electron chi connectivity index (χ1n) is 12.4. The Hall–Kier alpha value is -1.60. The van der Waals surface area contributed by atoms with Crippen LogP contribution < -0.4 is 10.6 Å². The van der Waals surface area contributed by atoms with Crippen molar-refractivity contribution in [1.29, 1.82) is 0 Å². The Kier molecular flexibility index (Phi) is 11.9. The highest BCUT2D eigenvalue weighted by atomic mass is 32.2. The molecule has 0 aromatic carbocycles. The molecule has 10 atom stereocenters. The largest absolute Gasteiger partial charge is 0.444 e. The monoisotopic (exact) mass is 584 g/mol. The van der Waals surface area contributed by atoms with Crippen molar-refractivity contribution in [3.8, 4) is 0 Å². The zero-order valence-electron chi connectivity index (χ0n) is 22.1. The molecule has 0 radical (unpaired) electrons. The predicted octanol–water partition coefficient (Wildman–Crippen LogP) is -4.05. The van der Waals surface area contributed by atoms with Gasteiger partial charge < -0.3 is 61.0 Å². The van der Waals surface area contributed by atoms with Crippen LogP contribution in [0.2, 0.25) is 0 Å². The number of carbonyl (C=O) groups is 3. The number of hydrogen-bond donors (Lipinski definition) is 10. The van der Waals surface area contributed by atoms with Crippen molar-refractivity contribution in [2.75, 3.05) is 12.4 Å². The molecular weight excluding hydrogens is 544 g/mol. The molecule has 0 heterocycles. The second-order valence-electron chi connectivity index (χ2n) is 10.8. The molecule has 2 aliphatic carbocycles. The molecule has 2 rings (SSSR count). The average Bonchev–Trinajstić information content (AvgIpc) is 2.84. The summed E-state index contributed by atoms with van der Waals surface area (Å²) in [5.74, 6) is -2.07. The predicted molar refractivity (Wildman–Crippen MR) is 134 cm³/mol. The first kappa shape index (κ1) is 33.6. The zero-order chi connectivity index (χ0) is 29.8. The van der Waals surface area contributed by atoms with Crippen molar-refractivity contribution in [3.05, 3.63) is 0 Å². The molecule has 0 aliphatic heterocycles. The van der Waals surface area contributed by atoms with Crippen LogP contribution in [-0.4, -0.2) is 143 Å². The molecule has 0 aromatic rings. The molecule has 15 nitrogen and oxygen atoms in total. The van der Waals surface area contributed by atoms with E-state index >= 15 is 0 Å². The molecule has 0 spiro atoms. The van der Waals surface area contributed by atoms with Gasteiger partial charge in [-0.2, -0.15) is 0 Å². The number of rotatable bonds is 8. The lowest BCUT2D eigenvalue weighted by molar-refractivity contribution is -0.256. The Morgan fingerprint density at radius 1 is 0.897 bits per heavy atom. The molecule has 0 saturated heterocycles. The fourth-order valence-electron chi connectivity index (χ4n) is 4.45. The maximum Gasteiger partial charge on any atom is 0.408 e. The van der Waals surface area contributed by atoms with Gasteiger partial charge in [0.2, 0.25) is 5.91 Å². The second kappa shape index (κ2) is 13.8. The molecule has 10 N–H and O–H groups in total. The van der Waals surface area contributed by atoms with E-state index in [1.807, 2.05) is 0 Å². The molecular formula is C23H40N2O13S. The number of alkyl carbamates (subject to hydrolysis) is 1. The van der Waals surface area contributed by atoms with Crippen molar-refractivity contribution in [2.24, 2.45) is 5.92 Å². The second-order valence-corrected chi connectivity index (χ2v) is 12.0. The fraction of sp³-hybridized carbons (Fsp3) is 0.870. The minimum Gasteiger partial charge on any atom is -0.444 e. The quantitative estimate of drug-likeness (QED) is 0.130. The van der Waals surface area contributed by atoms with E-state index in [4.69, 9.17) is 9.47 Å². The lowest BCUT2D eigenvalue weighted by Crippen LogP contribution is -2.68. The van der Waals surface area contributed by atoms with Gasteiger partial charge in [-0.25, -0.2) is 4.79 Å². The smallest absolute Gasteiger partial charge is 0.408 e. The van der Waals surface area contributed by atoms with Crippen LogP contribution in [0, 0.1) is 5.92 Å². The normalized spacial score (nSPS) is 38.0. The van der Waals surface area contributed by atoms with Crippen molar-refractivity contribution in [1.82, 2.24) is 10.6 Å². The van der Waals surface area contributed by atoms with Gasteiger partial charge in [-0.1, -0.05) is 11.8 Å². The molecule has 16 heteroatoms. The van der Waals surface area contributed by atoms with E-state index < -0.39 is 97.1 Å². The first-order chi connectivity index (χ1) is 18.0. The molecule has 2 saturated carbocycles. The summed E-state index contributed by atoms with van der Waals surface area (Å²) in [5.41, 5.74) is -0.898. The Morgan fingerprint density at radius 3 is 1.92 bits per heavy atom. The lowest BCUT2D eigenvalue weighted by Gasteiger charge is -2.47. The van der Waals surface area contributed by atoms with Gasteiger partial charge in [0.05, 0.1) is 18.2 Å². The molecule has 39 heavy (non-hydrogen) atoms. The Balaban J connectivity index is 2.30. The summed E-state index contributed by atoms with van der Waals surface area (Å²) in [7, 11) is 0. The number of hydrogen-bond acceptors (Lipinski definition) is 14. The van der Waals surface area contributed by atoms with Gasteiger partial charge in [-0.3, -0.25) is 9.59 Å². The van der Waals surface area contributed by atoms with Crippen molar-refractivity contribution < 1.29 is 64.7 Å². The van der Waals surface area contributed by atoms with Crippen LogP contribution in [0.15, 0.2) is 0 Å². The summed E-state index contributed by atoms with van der Waals surface area (Å²) in [5, 5.41) is 86.1. The fourth-order valence-corrected chi connectivity index (χ4v) is 5.09. The van der Waals surface area contributed by atoms with E-state index in [9.17, 15) is 55.2 Å². The van der Waals surface area contributed by atoms with Crippen LogP contribution in [-0.2, 0) is 19.1 Å². The standard InChI is InChI=1S/C23H40N2O13S/c1-8(27)39-7-10(24-22(36)38-23(2,3)4)21(35)25-12-11(5-9(6-26)13(28)14(12)29)37-20-18(33)16(31)15(30)17(32)19(20)34/h9-20,26,28-34H,5-7H2,1-4H3,(H,24,36)(H,25,35)/t9?,10-,11-,12?,13+,14?,15?,16?,17?,18?,19?,20?/m0/s1. The Bertz CT molecular complexity index is 842. The molecule has 0 aromatic heterocycles. The minimum atomic E-state index is -1.90. The van der Waals surface area contributed by atoms with E-state index in [2.05, 4.69) is 10.6 Å². The summed E-state index contributed by atoms with van der Waals surface area (Å²) in [6.07, 6.45) is -16.9. The lowest BCUT2D eigenvalue weighted by atomic mass is 9.78. The van der Waals surface area contributed by atoms with Gasteiger partial charge in [0, 0.05) is 25.2 Å². The van der Waals surface area contributed by atoms with Crippen LogP contribution in [0.5, 0.6) is 0 Å². The Labute approximate surface area is 229 Å². The highest BCUT2D eigenvalue weighted by Crippen LogP contribution is 2.32. The number of amides is 2. The first-order valence-corrected chi connectivity index (χ1v) is 13.4. The van der Waals surface area contributed by atoms with E-state index in [-0.39, 0.29) is 17.3 Å².